The summed E-state index contributed by atoms with van der Waals surface area (Å²) in [5, 5.41) is 0.551. The maximum absolute atomic E-state index is 12.7. The van der Waals surface area contributed by atoms with Crippen molar-refractivity contribution in [1.82, 2.24) is 5.06 Å². The fourth-order valence-electron chi connectivity index (χ4n) is 4.43. The van der Waals surface area contributed by atoms with E-state index >= 15 is 0 Å². The fourth-order valence-corrected chi connectivity index (χ4v) is 5.14. The highest BCUT2D eigenvalue weighted by molar-refractivity contribution is 7.85. The van der Waals surface area contributed by atoms with Crippen molar-refractivity contribution in [1.29, 1.82) is 0 Å². The molecule has 5 rings (SSSR count). The topological polar surface area (TPSA) is 187 Å². The number of carbonyl (C=O) groups excluding carboxylic acids is 4. The number of nitrogens with zero attached hydrogens (tertiary/aromatic N) is 1. The summed E-state index contributed by atoms with van der Waals surface area (Å²) in [6, 6.07) is 11.0. The van der Waals surface area contributed by atoms with Crippen LogP contribution in [0.2, 0.25) is 0 Å². The molecule has 43 heavy (non-hydrogen) atoms. The van der Waals surface area contributed by atoms with Gasteiger partial charge in [0.2, 0.25) is 0 Å². The van der Waals surface area contributed by atoms with Crippen LogP contribution in [-0.4, -0.2) is 47.6 Å². The maximum atomic E-state index is 12.7. The van der Waals surface area contributed by atoms with Gasteiger partial charge in [0.25, 0.3) is 11.8 Å². The lowest BCUT2D eigenvalue weighted by atomic mass is 9.93. The van der Waals surface area contributed by atoms with Gasteiger partial charge in [-0.05, 0) is 57.2 Å². The third-order valence-corrected chi connectivity index (χ3v) is 7.07. The molecule has 2 aliphatic heterocycles. The highest BCUT2D eigenvalue weighted by Gasteiger charge is 2.33. The molecule has 14 heteroatoms. The van der Waals surface area contributed by atoms with Crippen molar-refractivity contribution in [3.63, 3.8) is 0 Å². The van der Waals surface area contributed by atoms with Gasteiger partial charge in [-0.25, -0.2) is 18.0 Å². The fraction of sp³-hybridized carbons (Fsp3) is 0.207. The molecule has 2 amide bonds. The lowest BCUT2D eigenvalue weighted by molar-refractivity contribution is -0.172. The van der Waals surface area contributed by atoms with Crippen LogP contribution in [0.1, 0.15) is 44.0 Å². The molecule has 13 nitrogen and oxygen atoms in total. The van der Waals surface area contributed by atoms with E-state index in [0.717, 1.165) is 18.2 Å². The van der Waals surface area contributed by atoms with Crippen molar-refractivity contribution < 1.29 is 50.9 Å². The molecule has 0 bridgehead atoms. The number of hydrogen-bond donors (Lipinski definition) is 0. The zero-order chi connectivity index (χ0) is 31.3. The largest absolute Gasteiger partial charge is 0.744 e. The number of amides is 2. The Kier molecular flexibility index (Phi) is 7.28. The first-order chi connectivity index (χ1) is 20.1. The Hall–Kier alpha value is -5.08. The molecule has 222 valence electrons. The second-order valence-electron chi connectivity index (χ2n) is 10.5. The van der Waals surface area contributed by atoms with Crippen LogP contribution in [0, 0.1) is 0 Å². The van der Waals surface area contributed by atoms with Gasteiger partial charge < -0.3 is 23.3 Å². The van der Waals surface area contributed by atoms with Crippen LogP contribution in [0.15, 0.2) is 68.7 Å². The van der Waals surface area contributed by atoms with Crippen molar-refractivity contribution in [2.45, 2.75) is 44.1 Å². The molecule has 0 atom stereocenters. The normalized spacial score (nSPS) is 13.9. The Morgan fingerprint density at radius 1 is 0.907 bits per heavy atom. The van der Waals surface area contributed by atoms with E-state index in [2.05, 4.69) is 0 Å². The van der Waals surface area contributed by atoms with Crippen LogP contribution >= 0.6 is 0 Å². The summed E-state index contributed by atoms with van der Waals surface area (Å²) in [7, 11) is -5.26. The molecule has 1 aliphatic carbocycles. The van der Waals surface area contributed by atoms with Crippen LogP contribution in [-0.2, 0) is 29.3 Å². The molecular formula is C29H22NO12S-. The molecule has 1 fully saturated rings. The van der Waals surface area contributed by atoms with E-state index in [1.165, 1.54) is 36.4 Å². The van der Waals surface area contributed by atoms with Gasteiger partial charge in [0, 0.05) is 47.1 Å². The summed E-state index contributed by atoms with van der Waals surface area (Å²) in [4.78, 5) is 64.8. The highest BCUT2D eigenvalue weighted by atomic mass is 32.2. The molecule has 0 radical (unpaired) electrons. The van der Waals surface area contributed by atoms with Crippen molar-refractivity contribution in [2.75, 3.05) is 0 Å². The molecule has 3 aliphatic rings. The van der Waals surface area contributed by atoms with E-state index in [4.69, 9.17) is 18.7 Å². The minimum absolute atomic E-state index is 0.00912. The molecule has 0 N–H and O–H groups in total. The number of rotatable bonds is 5. The lowest BCUT2D eigenvalue weighted by Crippen LogP contribution is -2.32. The molecular weight excluding hydrogens is 586 g/mol. The standard InChI is InChI=1S/C29H23NO12S/c1-29(2,3)41-28(35)39-17-6-9-19-22(14-17)40-21-13-16(31)5-8-18(21)26(19)20-7-4-15(12-23(20)43(36,37)38)27(34)42-30-24(32)10-11-25(30)33/h4-9,12-14H,10-11H2,1-3H3,(H,36,37,38)/p-1. The molecule has 2 aromatic rings. The van der Waals surface area contributed by atoms with Crippen LogP contribution in [0.5, 0.6) is 5.75 Å². The zero-order valence-electron chi connectivity index (χ0n) is 22.9. The number of carbonyl (C=O) groups is 4. The molecule has 0 spiro atoms. The van der Waals surface area contributed by atoms with Gasteiger partial charge in [-0.2, -0.15) is 0 Å². The van der Waals surface area contributed by atoms with Crippen LogP contribution < -0.4 is 10.2 Å². The quantitative estimate of drug-likeness (QED) is 0.104. The number of imide groups is 1. The van der Waals surface area contributed by atoms with Crippen molar-refractivity contribution in [3.8, 4) is 28.2 Å². The summed E-state index contributed by atoms with van der Waals surface area (Å²) < 4.78 is 53.8. The van der Waals surface area contributed by atoms with Gasteiger partial charge in [0.15, 0.2) is 5.43 Å². The summed E-state index contributed by atoms with van der Waals surface area (Å²) in [5.41, 5.74) is -1.37. The summed E-state index contributed by atoms with van der Waals surface area (Å²) in [5.74, 6) is -2.70. The van der Waals surface area contributed by atoms with Gasteiger partial charge in [-0.3, -0.25) is 14.4 Å². The third-order valence-electron chi connectivity index (χ3n) is 6.19. The van der Waals surface area contributed by atoms with E-state index in [1.807, 2.05) is 0 Å². The van der Waals surface area contributed by atoms with Crippen molar-refractivity contribution in [2.24, 2.45) is 0 Å². The van der Waals surface area contributed by atoms with E-state index in [0.29, 0.717) is 5.06 Å². The van der Waals surface area contributed by atoms with Crippen molar-refractivity contribution >= 4 is 45.0 Å². The first kappa shape index (κ1) is 29.4. The number of ether oxygens (including phenoxy) is 2. The predicted octanol–water partition coefficient (Wildman–Crippen LogP) is 4.00. The van der Waals surface area contributed by atoms with E-state index < -0.39 is 55.5 Å². The summed E-state index contributed by atoms with van der Waals surface area (Å²) >= 11 is 0. The first-order valence-electron chi connectivity index (χ1n) is 12.7. The summed E-state index contributed by atoms with van der Waals surface area (Å²) in [6.45, 7) is 4.96. The van der Waals surface area contributed by atoms with Gasteiger partial charge in [0.05, 0.1) is 10.5 Å². The minimum Gasteiger partial charge on any atom is -0.744 e. The Morgan fingerprint density at radius 2 is 1.58 bits per heavy atom. The lowest BCUT2D eigenvalue weighted by Gasteiger charge is -2.20. The second kappa shape index (κ2) is 10.6. The van der Waals surface area contributed by atoms with E-state index in [-0.39, 0.29) is 52.0 Å². The van der Waals surface area contributed by atoms with Crippen molar-refractivity contribution in [3.05, 3.63) is 70.4 Å². The van der Waals surface area contributed by atoms with Crippen LogP contribution in [0.3, 0.4) is 0 Å². The predicted molar refractivity (Wildman–Crippen MR) is 146 cm³/mol. The van der Waals surface area contributed by atoms with E-state index in [1.54, 1.807) is 20.8 Å². The zero-order valence-corrected chi connectivity index (χ0v) is 23.7. The highest BCUT2D eigenvalue weighted by Crippen LogP contribution is 2.43. The Morgan fingerprint density at radius 3 is 2.23 bits per heavy atom. The molecule has 0 aromatic heterocycles. The molecule has 0 unspecified atom stereocenters. The molecule has 2 aromatic carbocycles. The van der Waals surface area contributed by atoms with Crippen LogP contribution in [0.4, 0.5) is 4.79 Å². The second-order valence-corrected chi connectivity index (χ2v) is 11.8. The monoisotopic (exact) mass is 608 g/mol. The Balaban J connectivity index is 1.66. The van der Waals surface area contributed by atoms with E-state index in [9.17, 15) is 36.9 Å². The van der Waals surface area contributed by atoms with Gasteiger partial charge >= 0.3 is 12.1 Å². The average molecular weight is 609 g/mol. The molecule has 1 saturated heterocycles. The number of benzene rings is 3. The smallest absolute Gasteiger partial charge is 0.514 e. The number of hydrogen-bond acceptors (Lipinski definition) is 12. The van der Waals surface area contributed by atoms with Crippen LogP contribution in [0.25, 0.3) is 33.4 Å². The molecule has 2 heterocycles. The number of hydroxylamine groups is 2. The minimum atomic E-state index is -5.26. The van der Waals surface area contributed by atoms with Gasteiger partial charge in [0.1, 0.15) is 32.8 Å². The SMILES string of the molecule is CC(C)(C)OC(=O)Oc1ccc2c(-c3ccc(C(=O)ON4C(=O)CCC4=O)cc3S(=O)(=O)[O-])c3ccc(=O)cc-3oc2c1. The number of fused-ring (bicyclic) bond motifs is 2. The van der Waals surface area contributed by atoms with Gasteiger partial charge in [-0.1, -0.05) is 6.07 Å². The molecule has 0 saturated carbocycles. The summed E-state index contributed by atoms with van der Waals surface area (Å²) in [6.07, 6.45) is -1.30. The maximum Gasteiger partial charge on any atom is 0.514 e. The average Bonchev–Trinajstić information content (AvgIpc) is 3.21. The Bertz CT molecular complexity index is 1950. The Labute approximate surface area is 243 Å². The third kappa shape index (κ3) is 6.10. The first-order valence-corrected chi connectivity index (χ1v) is 14.1. The van der Waals surface area contributed by atoms with Gasteiger partial charge in [-0.15, -0.1) is 5.06 Å².